The van der Waals surface area contributed by atoms with Gasteiger partial charge in [-0.05, 0) is 36.6 Å². The van der Waals surface area contributed by atoms with E-state index in [2.05, 4.69) is 25.0 Å². The molecule has 0 fully saturated rings. The van der Waals surface area contributed by atoms with E-state index in [1.165, 1.54) is 6.33 Å². The molecule has 19 nitrogen and oxygen atoms in total. The van der Waals surface area contributed by atoms with Crippen molar-refractivity contribution in [3.8, 4) is 11.3 Å². The van der Waals surface area contributed by atoms with Crippen molar-refractivity contribution in [1.82, 2.24) is 29.6 Å². The molecule has 0 bridgehead atoms. The van der Waals surface area contributed by atoms with Gasteiger partial charge in [0.1, 0.15) is 23.4 Å². The van der Waals surface area contributed by atoms with Crippen molar-refractivity contribution in [2.45, 2.75) is 25.8 Å². The predicted octanol–water partition coefficient (Wildman–Crippen LogP) is 2.84. The van der Waals surface area contributed by atoms with Crippen molar-refractivity contribution in [3.05, 3.63) is 35.0 Å². The first-order valence-electron chi connectivity index (χ1n) is 16.8. The summed E-state index contributed by atoms with van der Waals surface area (Å²) >= 11 is 0. The molecule has 3 aromatic heterocycles. The molecule has 0 aliphatic rings. The number of nitrogens with two attached hydrogens (primary N) is 2. The van der Waals surface area contributed by atoms with Crippen LogP contribution in [0.5, 0.6) is 0 Å². The summed E-state index contributed by atoms with van der Waals surface area (Å²) in [6.07, 6.45) is 3.27. The summed E-state index contributed by atoms with van der Waals surface area (Å²) in [7, 11) is 1.79. The van der Waals surface area contributed by atoms with E-state index in [0.717, 1.165) is 18.4 Å². The van der Waals surface area contributed by atoms with Crippen LogP contribution in [0.25, 0.3) is 43.8 Å². The third kappa shape index (κ3) is 13.2. The number of carbonyl (C=O) groups is 1. The lowest BCUT2D eigenvalue weighted by Gasteiger charge is -2.17. The summed E-state index contributed by atoms with van der Waals surface area (Å²) in [4.78, 5) is 29.8. The number of nitrogen functional groups attached to an aromatic ring is 2. The SMILES string of the molecule is CN(CCCCn1nc(-c2ccc3oc(N)nc3c2)c2c(N)ncnc21)C(=O)CCOCCOCCOCCOCCOCCOCCN=[N+]=[N-]. The molecule has 0 saturated carbocycles. The average molecular weight is 714 g/mol. The molecule has 0 unspecified atom stereocenters. The predicted molar refractivity (Wildman–Crippen MR) is 188 cm³/mol. The quantitative estimate of drug-likeness (QED) is 0.0391. The number of azide groups is 1. The number of hydrogen-bond acceptors (Lipinski definition) is 15. The van der Waals surface area contributed by atoms with Crippen LogP contribution in [0, 0.1) is 0 Å². The molecule has 0 saturated heterocycles. The maximum Gasteiger partial charge on any atom is 0.292 e. The molecule has 4 N–H and O–H groups in total. The average Bonchev–Trinajstić information content (AvgIpc) is 3.70. The highest BCUT2D eigenvalue weighted by Crippen LogP contribution is 2.32. The summed E-state index contributed by atoms with van der Waals surface area (Å²) in [5.41, 5.74) is 23.4. The van der Waals surface area contributed by atoms with Gasteiger partial charge in [-0.2, -0.15) is 10.1 Å². The van der Waals surface area contributed by atoms with E-state index >= 15 is 0 Å². The maximum atomic E-state index is 12.6. The first-order valence-corrected chi connectivity index (χ1v) is 16.8. The van der Waals surface area contributed by atoms with Gasteiger partial charge in [-0.1, -0.05) is 5.11 Å². The smallest absolute Gasteiger partial charge is 0.292 e. The van der Waals surface area contributed by atoms with E-state index < -0.39 is 0 Å². The van der Waals surface area contributed by atoms with Crippen molar-refractivity contribution < 1.29 is 37.6 Å². The number of hydrogen-bond donors (Lipinski definition) is 2. The summed E-state index contributed by atoms with van der Waals surface area (Å²) in [6.45, 7) is 6.67. The van der Waals surface area contributed by atoms with Gasteiger partial charge in [0.2, 0.25) is 5.91 Å². The van der Waals surface area contributed by atoms with E-state index in [9.17, 15) is 4.79 Å². The van der Waals surface area contributed by atoms with E-state index in [1.54, 1.807) is 18.0 Å². The van der Waals surface area contributed by atoms with Crippen LogP contribution >= 0.6 is 0 Å². The lowest BCUT2D eigenvalue weighted by atomic mass is 10.1. The summed E-state index contributed by atoms with van der Waals surface area (Å²) < 4.78 is 39.8. The second kappa shape index (κ2) is 22.3. The largest absolute Gasteiger partial charge is 0.424 e. The number of ether oxygens (including phenoxy) is 6. The number of oxazole rings is 1. The van der Waals surface area contributed by atoms with Gasteiger partial charge in [-0.3, -0.25) is 4.79 Å². The van der Waals surface area contributed by atoms with Crippen molar-refractivity contribution in [3.63, 3.8) is 0 Å². The number of aromatic nitrogens is 5. The van der Waals surface area contributed by atoms with E-state index in [-0.39, 0.29) is 11.9 Å². The van der Waals surface area contributed by atoms with Gasteiger partial charge in [0.25, 0.3) is 6.01 Å². The molecule has 3 heterocycles. The molecule has 0 aliphatic carbocycles. The summed E-state index contributed by atoms with van der Waals surface area (Å²) in [5.74, 6) is 0.355. The molecular weight excluding hydrogens is 666 g/mol. The summed E-state index contributed by atoms with van der Waals surface area (Å²) in [5, 5.41) is 8.85. The molecule has 0 aliphatic heterocycles. The normalized spacial score (nSPS) is 11.4. The number of nitrogens with zero attached hydrogens (tertiary/aromatic N) is 9. The molecule has 278 valence electrons. The van der Waals surface area contributed by atoms with Gasteiger partial charge in [0, 0.05) is 37.2 Å². The molecule has 0 spiro atoms. The van der Waals surface area contributed by atoms with Crippen LogP contribution in [0.15, 0.2) is 34.1 Å². The summed E-state index contributed by atoms with van der Waals surface area (Å²) in [6, 6.07) is 5.61. The number of carbonyl (C=O) groups excluding carboxylic acids is 1. The fraction of sp³-hybridized carbons (Fsp3) is 0.594. The van der Waals surface area contributed by atoms with Crippen molar-refractivity contribution >= 4 is 39.9 Å². The minimum absolute atomic E-state index is 0.0160. The molecule has 19 heteroatoms. The van der Waals surface area contributed by atoms with Crippen LogP contribution in [0.1, 0.15) is 19.3 Å². The highest BCUT2D eigenvalue weighted by atomic mass is 16.6. The Hall–Kier alpha value is -4.62. The Labute approximate surface area is 295 Å². The zero-order chi connectivity index (χ0) is 36.1. The Balaban J connectivity index is 0.995. The van der Waals surface area contributed by atoms with Crippen LogP contribution < -0.4 is 11.5 Å². The molecule has 0 radical (unpaired) electrons. The minimum atomic E-state index is 0.0160. The van der Waals surface area contributed by atoms with E-state index in [4.69, 9.17) is 54.9 Å². The van der Waals surface area contributed by atoms with Gasteiger partial charge in [0.15, 0.2) is 11.2 Å². The van der Waals surface area contributed by atoms with Crippen LogP contribution in [-0.2, 0) is 39.8 Å². The van der Waals surface area contributed by atoms with Crippen LogP contribution in [0.2, 0.25) is 0 Å². The van der Waals surface area contributed by atoms with Gasteiger partial charge in [-0.25, -0.2) is 14.6 Å². The van der Waals surface area contributed by atoms with E-state index in [0.29, 0.717) is 139 Å². The fourth-order valence-corrected chi connectivity index (χ4v) is 4.92. The maximum absolute atomic E-state index is 12.6. The number of aryl methyl sites for hydroxylation is 1. The number of amides is 1. The molecule has 0 atom stereocenters. The Morgan fingerprint density at radius 1 is 0.902 bits per heavy atom. The lowest BCUT2D eigenvalue weighted by molar-refractivity contribution is -0.131. The number of unbranched alkanes of at least 4 members (excludes halogenated alkanes) is 1. The van der Waals surface area contributed by atoms with Gasteiger partial charge in [-0.15, -0.1) is 0 Å². The first kappa shape index (κ1) is 39.2. The first-order chi connectivity index (χ1) is 25.0. The Morgan fingerprint density at radius 2 is 1.53 bits per heavy atom. The van der Waals surface area contributed by atoms with Crippen molar-refractivity contribution in [2.75, 3.05) is 111 Å². The second-order valence-electron chi connectivity index (χ2n) is 11.2. The van der Waals surface area contributed by atoms with Crippen LogP contribution in [0.3, 0.4) is 0 Å². The number of fused-ring (bicyclic) bond motifs is 2. The van der Waals surface area contributed by atoms with Gasteiger partial charge < -0.3 is 49.2 Å². The van der Waals surface area contributed by atoms with Crippen LogP contribution in [-0.4, -0.2) is 135 Å². The Kier molecular flexibility index (Phi) is 17.1. The highest BCUT2D eigenvalue weighted by Gasteiger charge is 2.18. The van der Waals surface area contributed by atoms with Gasteiger partial charge in [0.05, 0.1) is 91.1 Å². The molecule has 51 heavy (non-hydrogen) atoms. The third-order valence-corrected chi connectivity index (χ3v) is 7.49. The van der Waals surface area contributed by atoms with Crippen LogP contribution in [0.4, 0.5) is 11.8 Å². The number of benzene rings is 1. The molecular formula is C32H47N11O8. The Morgan fingerprint density at radius 3 is 2.18 bits per heavy atom. The van der Waals surface area contributed by atoms with E-state index in [1.807, 2.05) is 16.8 Å². The molecule has 4 aromatic rings. The second-order valence-corrected chi connectivity index (χ2v) is 11.2. The Bertz CT molecular complexity index is 1680. The molecule has 1 aromatic carbocycles. The van der Waals surface area contributed by atoms with Crippen molar-refractivity contribution in [2.24, 2.45) is 5.11 Å². The molecule has 4 rings (SSSR count). The minimum Gasteiger partial charge on any atom is -0.424 e. The van der Waals surface area contributed by atoms with Crippen molar-refractivity contribution in [1.29, 1.82) is 0 Å². The number of rotatable bonds is 27. The zero-order valence-electron chi connectivity index (χ0n) is 29.0. The highest BCUT2D eigenvalue weighted by molar-refractivity contribution is 5.99. The van der Waals surface area contributed by atoms with Gasteiger partial charge >= 0.3 is 0 Å². The monoisotopic (exact) mass is 713 g/mol. The molecule has 1 amide bonds. The zero-order valence-corrected chi connectivity index (χ0v) is 29.0. The topological polar surface area (TPSA) is 246 Å². The third-order valence-electron chi connectivity index (χ3n) is 7.49. The number of anilines is 2. The fourth-order valence-electron chi connectivity index (χ4n) is 4.92. The standard InChI is InChI=1S/C32H47N11O8/c1-42(27(44)6-10-45-12-14-47-16-18-49-20-21-50-19-17-48-15-13-46-11-7-38-41-35)8-2-3-9-43-31-28(30(33)36-23-37-31)29(40-43)24-4-5-26-25(22-24)39-32(34)51-26/h4-5,22-23H,2-3,6-21H2,1H3,(H2,34,39)(H2,33,36,37). The lowest BCUT2D eigenvalue weighted by Crippen LogP contribution is -2.28.